The van der Waals surface area contributed by atoms with Crippen molar-refractivity contribution in [3.05, 3.63) is 53.9 Å². The van der Waals surface area contributed by atoms with Crippen LogP contribution in [0.4, 0.5) is 0 Å². The molecule has 16 heavy (non-hydrogen) atoms. The molecule has 1 nitrogen and oxygen atoms in total. The molecule has 0 saturated heterocycles. The number of hydrogen-bond acceptors (Lipinski definition) is 2. The molecule has 3 aromatic rings. The first kappa shape index (κ1) is 11.5. The average Bonchev–Trinajstić information content (AvgIpc) is 2.82. The van der Waals surface area contributed by atoms with Crippen molar-refractivity contribution < 1.29 is 21.1 Å². The van der Waals surface area contributed by atoms with Gasteiger partial charge in [-0.05, 0) is 17.1 Å². The van der Waals surface area contributed by atoms with Crippen molar-refractivity contribution in [3.63, 3.8) is 0 Å². The molecule has 0 aliphatic heterocycles. The summed E-state index contributed by atoms with van der Waals surface area (Å²) in [5.74, 6) is 0. The maximum atomic E-state index is 4.60. The fourth-order valence-corrected chi connectivity index (χ4v) is 2.22. The van der Waals surface area contributed by atoms with Crippen molar-refractivity contribution in [1.29, 1.82) is 0 Å². The third-order valence-electron chi connectivity index (χ3n) is 2.30. The van der Waals surface area contributed by atoms with Crippen LogP contribution in [0, 0.1) is 6.07 Å². The van der Waals surface area contributed by atoms with Crippen LogP contribution in [0.1, 0.15) is 0 Å². The van der Waals surface area contributed by atoms with Gasteiger partial charge in [-0.1, -0.05) is 35.2 Å². The first-order chi connectivity index (χ1) is 7.43. The van der Waals surface area contributed by atoms with Crippen LogP contribution in [-0.2, 0) is 21.1 Å². The van der Waals surface area contributed by atoms with Gasteiger partial charge in [0, 0.05) is 21.1 Å². The van der Waals surface area contributed by atoms with Crippen LogP contribution in [0.5, 0.6) is 0 Å². The van der Waals surface area contributed by atoms with Gasteiger partial charge in [0.25, 0.3) is 0 Å². The van der Waals surface area contributed by atoms with Gasteiger partial charge in [-0.2, -0.15) is 12.1 Å². The van der Waals surface area contributed by atoms with Gasteiger partial charge in [0.2, 0.25) is 0 Å². The summed E-state index contributed by atoms with van der Waals surface area (Å²) in [4.78, 5) is 5.69. The Labute approximate surface area is 112 Å². The van der Waals surface area contributed by atoms with Crippen LogP contribution < -0.4 is 0 Å². The number of nitrogens with zero attached hydrogens (tertiary/aromatic N) is 1. The Bertz CT molecular complexity index is 590. The molecule has 1 aromatic carbocycles. The Hall–Kier alpha value is -0.982. The third kappa shape index (κ3) is 2.09. The van der Waals surface area contributed by atoms with Gasteiger partial charge >= 0.3 is 0 Å². The number of thiophene rings is 1. The summed E-state index contributed by atoms with van der Waals surface area (Å²) in [6.07, 6.45) is 0. The minimum Gasteiger partial charge on any atom is -0.310 e. The predicted molar refractivity (Wildman–Crippen MR) is 63.9 cm³/mol. The van der Waals surface area contributed by atoms with Crippen molar-refractivity contribution in [3.8, 4) is 10.6 Å². The molecule has 0 bridgehead atoms. The topological polar surface area (TPSA) is 12.9 Å². The van der Waals surface area contributed by atoms with Crippen LogP contribution in [0.25, 0.3) is 21.5 Å². The van der Waals surface area contributed by atoms with E-state index in [2.05, 4.69) is 23.2 Å². The Morgan fingerprint density at radius 3 is 2.75 bits per heavy atom. The molecule has 82 valence electrons. The van der Waals surface area contributed by atoms with Gasteiger partial charge in [-0.15, -0.1) is 5.38 Å². The first-order valence-corrected chi connectivity index (χ1v) is 5.63. The van der Waals surface area contributed by atoms with Gasteiger partial charge in [0.15, 0.2) is 0 Å². The summed E-state index contributed by atoms with van der Waals surface area (Å²) in [5.41, 5.74) is 2.04. The molecule has 3 rings (SSSR count). The fourth-order valence-electron chi connectivity index (χ4n) is 1.57. The van der Waals surface area contributed by atoms with Gasteiger partial charge in [0.1, 0.15) is 0 Å². The van der Waals surface area contributed by atoms with Gasteiger partial charge < -0.3 is 4.98 Å². The van der Waals surface area contributed by atoms with Crippen LogP contribution in [0.15, 0.2) is 47.8 Å². The van der Waals surface area contributed by atoms with E-state index in [0.29, 0.717) is 0 Å². The van der Waals surface area contributed by atoms with E-state index < -0.39 is 0 Å². The number of benzene rings is 1. The summed E-state index contributed by atoms with van der Waals surface area (Å²) < 4.78 is 0. The number of para-hydroxylation sites is 1. The molecule has 0 saturated carbocycles. The molecular formula is C13H8NPtS-. The van der Waals surface area contributed by atoms with Crippen LogP contribution in [0.2, 0.25) is 0 Å². The molecule has 0 fully saturated rings. The van der Waals surface area contributed by atoms with E-state index in [9.17, 15) is 0 Å². The second-order valence-electron chi connectivity index (χ2n) is 3.28. The second kappa shape index (κ2) is 4.90. The molecule has 0 N–H and O–H groups in total. The largest absolute Gasteiger partial charge is 0.310 e. The van der Waals surface area contributed by atoms with Crippen molar-refractivity contribution in [2.24, 2.45) is 0 Å². The maximum absolute atomic E-state index is 4.60. The molecule has 3 heteroatoms. The molecular weight excluding hydrogens is 397 g/mol. The zero-order valence-electron chi connectivity index (χ0n) is 8.29. The van der Waals surface area contributed by atoms with E-state index in [1.807, 2.05) is 35.7 Å². The SMILES string of the molecule is [Pt].[c-]1ccsc1-c1ccc2ccccc2n1. The minimum atomic E-state index is 0. The molecule has 0 atom stereocenters. The molecule has 0 amide bonds. The number of fused-ring (bicyclic) bond motifs is 1. The van der Waals surface area contributed by atoms with E-state index in [4.69, 9.17) is 0 Å². The molecule has 0 unspecified atom stereocenters. The number of pyridine rings is 1. The zero-order valence-corrected chi connectivity index (χ0v) is 11.4. The minimum absolute atomic E-state index is 0. The predicted octanol–water partition coefficient (Wildman–Crippen LogP) is 3.76. The van der Waals surface area contributed by atoms with Gasteiger partial charge in [-0.3, -0.25) is 0 Å². The van der Waals surface area contributed by atoms with Crippen molar-refractivity contribution in [2.75, 3.05) is 0 Å². The Kier molecular flexibility index (Phi) is 3.52. The smallest absolute Gasteiger partial charge is 0.0559 e. The first-order valence-electron chi connectivity index (χ1n) is 4.75. The summed E-state index contributed by atoms with van der Waals surface area (Å²) >= 11 is 1.67. The molecule has 0 aliphatic carbocycles. The van der Waals surface area contributed by atoms with Gasteiger partial charge in [-0.25, -0.2) is 11.3 Å². The molecule has 0 radical (unpaired) electrons. The number of hydrogen-bond donors (Lipinski definition) is 0. The van der Waals surface area contributed by atoms with Crippen molar-refractivity contribution >= 4 is 22.2 Å². The van der Waals surface area contributed by atoms with Gasteiger partial charge in [0.05, 0.1) is 5.52 Å². The third-order valence-corrected chi connectivity index (χ3v) is 3.13. The summed E-state index contributed by atoms with van der Waals surface area (Å²) in [7, 11) is 0. The van der Waals surface area contributed by atoms with E-state index in [0.717, 1.165) is 16.1 Å². The standard InChI is InChI=1S/C13H8NS.Pt/c1-2-5-11-10(4-1)7-8-12(14-11)13-6-3-9-15-13;/h1-5,7-9H;/q-1;. The quantitative estimate of drug-likeness (QED) is 0.562. The maximum Gasteiger partial charge on any atom is 0.0559 e. The van der Waals surface area contributed by atoms with E-state index in [1.54, 1.807) is 11.3 Å². The second-order valence-corrected chi connectivity index (χ2v) is 4.20. The molecule has 0 spiro atoms. The summed E-state index contributed by atoms with van der Waals surface area (Å²) in [6, 6.07) is 17.4. The normalized spacial score (nSPS) is 10.0. The number of aromatic nitrogens is 1. The average molecular weight is 405 g/mol. The summed E-state index contributed by atoms with van der Waals surface area (Å²) in [6.45, 7) is 0. The monoisotopic (exact) mass is 405 g/mol. The summed E-state index contributed by atoms with van der Waals surface area (Å²) in [5, 5.41) is 3.20. The molecule has 2 aromatic heterocycles. The Balaban J connectivity index is 0.000000963. The fraction of sp³-hybridized carbons (Fsp3) is 0. The van der Waals surface area contributed by atoms with E-state index in [-0.39, 0.29) is 21.1 Å². The van der Waals surface area contributed by atoms with Crippen molar-refractivity contribution in [2.45, 2.75) is 0 Å². The number of rotatable bonds is 1. The molecule has 0 aliphatic rings. The van der Waals surface area contributed by atoms with Crippen LogP contribution in [0.3, 0.4) is 0 Å². The van der Waals surface area contributed by atoms with E-state index in [1.165, 1.54) is 5.39 Å². The van der Waals surface area contributed by atoms with Crippen LogP contribution >= 0.6 is 11.3 Å². The van der Waals surface area contributed by atoms with E-state index >= 15 is 0 Å². The van der Waals surface area contributed by atoms with Crippen molar-refractivity contribution in [1.82, 2.24) is 4.98 Å². The van der Waals surface area contributed by atoms with Crippen LogP contribution in [-0.4, -0.2) is 4.98 Å². The Morgan fingerprint density at radius 1 is 1.06 bits per heavy atom. The Morgan fingerprint density at radius 2 is 1.94 bits per heavy atom. The zero-order chi connectivity index (χ0) is 10.1. The molecule has 2 heterocycles.